The number of rotatable bonds is 4. The van der Waals surface area contributed by atoms with Crippen LogP contribution in [0.5, 0.6) is 0 Å². The molecule has 2 aromatic rings. The third-order valence-corrected chi connectivity index (χ3v) is 2.37. The lowest BCUT2D eigenvalue weighted by molar-refractivity contribution is 0.282. The fourth-order valence-corrected chi connectivity index (χ4v) is 1.55. The first kappa shape index (κ1) is 10.8. The van der Waals surface area contributed by atoms with Crippen molar-refractivity contribution in [3.05, 3.63) is 53.5 Å². The number of aliphatic hydroxyl groups excluding tert-OH is 1. The van der Waals surface area contributed by atoms with E-state index in [1.807, 2.05) is 43.3 Å². The number of nitrogens with one attached hydrogen (secondary N) is 1. The van der Waals surface area contributed by atoms with E-state index in [4.69, 9.17) is 9.52 Å². The molecule has 84 valence electrons. The van der Waals surface area contributed by atoms with Crippen LogP contribution in [0.15, 0.2) is 40.8 Å². The van der Waals surface area contributed by atoms with Gasteiger partial charge in [-0.2, -0.15) is 0 Å². The normalized spacial score (nSPS) is 10.4. The maximum atomic E-state index is 9.00. The van der Waals surface area contributed by atoms with Crippen molar-refractivity contribution in [3.63, 3.8) is 0 Å². The lowest BCUT2D eigenvalue weighted by Crippen LogP contribution is -1.98. The van der Waals surface area contributed by atoms with Crippen molar-refractivity contribution >= 4 is 5.69 Å². The average Bonchev–Trinajstić information content (AvgIpc) is 2.73. The van der Waals surface area contributed by atoms with Gasteiger partial charge in [0.2, 0.25) is 0 Å². The van der Waals surface area contributed by atoms with E-state index in [0.717, 1.165) is 22.8 Å². The van der Waals surface area contributed by atoms with Crippen LogP contribution in [0.2, 0.25) is 0 Å². The summed E-state index contributed by atoms with van der Waals surface area (Å²) >= 11 is 0. The molecule has 0 fully saturated rings. The van der Waals surface area contributed by atoms with Gasteiger partial charge in [0.25, 0.3) is 0 Å². The summed E-state index contributed by atoms with van der Waals surface area (Å²) in [6.45, 7) is 2.65. The first-order valence-corrected chi connectivity index (χ1v) is 5.27. The molecule has 1 aromatic carbocycles. The minimum atomic E-state index is 0.0649. The summed E-state index contributed by atoms with van der Waals surface area (Å²) in [5, 5.41) is 12.2. The van der Waals surface area contributed by atoms with Crippen molar-refractivity contribution in [2.75, 3.05) is 5.32 Å². The molecule has 0 spiro atoms. The zero-order valence-electron chi connectivity index (χ0n) is 9.23. The van der Waals surface area contributed by atoms with Gasteiger partial charge in [0, 0.05) is 5.69 Å². The zero-order chi connectivity index (χ0) is 11.4. The van der Waals surface area contributed by atoms with E-state index in [1.165, 1.54) is 0 Å². The maximum Gasteiger partial charge on any atom is 0.123 e. The third kappa shape index (κ3) is 2.64. The molecular formula is C13H15NO2. The summed E-state index contributed by atoms with van der Waals surface area (Å²) in [4.78, 5) is 0. The highest BCUT2D eigenvalue weighted by Gasteiger charge is 1.99. The van der Waals surface area contributed by atoms with E-state index in [1.54, 1.807) is 0 Å². The number of furan rings is 1. The van der Waals surface area contributed by atoms with Crippen LogP contribution in [-0.4, -0.2) is 5.11 Å². The van der Waals surface area contributed by atoms with Crippen LogP contribution in [0, 0.1) is 6.92 Å². The number of aliphatic hydroxyl groups is 1. The highest BCUT2D eigenvalue weighted by Crippen LogP contribution is 2.13. The second kappa shape index (κ2) is 4.86. The monoisotopic (exact) mass is 217 g/mol. The van der Waals surface area contributed by atoms with Crippen LogP contribution < -0.4 is 5.32 Å². The molecule has 0 aliphatic carbocycles. The molecule has 0 aliphatic rings. The largest absolute Gasteiger partial charge is 0.465 e. The predicted molar refractivity (Wildman–Crippen MR) is 63.1 cm³/mol. The Bertz CT molecular complexity index is 462. The van der Waals surface area contributed by atoms with Crippen LogP contribution in [-0.2, 0) is 13.2 Å². The summed E-state index contributed by atoms with van der Waals surface area (Å²) in [6.07, 6.45) is 0. The lowest BCUT2D eigenvalue weighted by atomic mass is 10.2. The Morgan fingerprint density at radius 2 is 2.12 bits per heavy atom. The van der Waals surface area contributed by atoms with Crippen LogP contribution in [0.1, 0.15) is 17.1 Å². The fraction of sp³-hybridized carbons (Fsp3) is 0.231. The number of anilines is 1. The van der Waals surface area contributed by atoms with Crippen molar-refractivity contribution in [2.24, 2.45) is 0 Å². The Labute approximate surface area is 94.7 Å². The number of hydrogen-bond acceptors (Lipinski definition) is 3. The molecule has 3 nitrogen and oxygen atoms in total. The topological polar surface area (TPSA) is 45.4 Å². The number of aryl methyl sites for hydroxylation is 1. The van der Waals surface area contributed by atoms with Crippen molar-refractivity contribution in [1.82, 2.24) is 0 Å². The Kier molecular flexibility index (Phi) is 3.27. The maximum absolute atomic E-state index is 9.00. The summed E-state index contributed by atoms with van der Waals surface area (Å²) < 4.78 is 5.45. The van der Waals surface area contributed by atoms with E-state index in [9.17, 15) is 0 Å². The van der Waals surface area contributed by atoms with Crippen LogP contribution >= 0.6 is 0 Å². The summed E-state index contributed by atoms with van der Waals surface area (Å²) in [6, 6.07) is 11.6. The Hall–Kier alpha value is -1.74. The fourth-order valence-electron chi connectivity index (χ4n) is 1.55. The molecule has 0 unspecified atom stereocenters. The van der Waals surface area contributed by atoms with Crippen LogP contribution in [0.4, 0.5) is 5.69 Å². The second-order valence-electron chi connectivity index (χ2n) is 3.72. The molecular weight excluding hydrogens is 202 g/mol. The van der Waals surface area contributed by atoms with Crippen molar-refractivity contribution in [2.45, 2.75) is 20.1 Å². The van der Waals surface area contributed by atoms with Crippen molar-refractivity contribution in [3.8, 4) is 0 Å². The van der Waals surface area contributed by atoms with Gasteiger partial charge in [-0.05, 0) is 36.8 Å². The number of hydrogen-bond donors (Lipinski definition) is 2. The average molecular weight is 217 g/mol. The van der Waals surface area contributed by atoms with Gasteiger partial charge in [-0.15, -0.1) is 0 Å². The van der Waals surface area contributed by atoms with E-state index < -0.39 is 0 Å². The van der Waals surface area contributed by atoms with Gasteiger partial charge in [-0.3, -0.25) is 0 Å². The minimum absolute atomic E-state index is 0.0649. The van der Waals surface area contributed by atoms with E-state index in [0.29, 0.717) is 6.54 Å². The SMILES string of the molecule is Cc1ccc(CNc2cccc(CO)c2)o1. The molecule has 0 saturated carbocycles. The minimum Gasteiger partial charge on any atom is -0.465 e. The molecule has 1 heterocycles. The Balaban J connectivity index is 1.99. The van der Waals surface area contributed by atoms with Gasteiger partial charge in [-0.25, -0.2) is 0 Å². The van der Waals surface area contributed by atoms with E-state index in [-0.39, 0.29) is 6.61 Å². The molecule has 0 radical (unpaired) electrons. The molecule has 0 atom stereocenters. The first-order chi connectivity index (χ1) is 7.78. The number of benzene rings is 1. The van der Waals surface area contributed by atoms with Gasteiger partial charge in [0.05, 0.1) is 13.2 Å². The molecule has 3 heteroatoms. The second-order valence-corrected chi connectivity index (χ2v) is 3.72. The standard InChI is InChI=1S/C13H15NO2/c1-10-5-6-13(16-10)8-14-12-4-2-3-11(7-12)9-15/h2-7,14-15H,8-9H2,1H3. The molecule has 1 aromatic heterocycles. The first-order valence-electron chi connectivity index (χ1n) is 5.27. The van der Waals surface area contributed by atoms with Crippen molar-refractivity contribution < 1.29 is 9.52 Å². The van der Waals surface area contributed by atoms with Crippen molar-refractivity contribution in [1.29, 1.82) is 0 Å². The smallest absolute Gasteiger partial charge is 0.123 e. The Morgan fingerprint density at radius 3 is 2.81 bits per heavy atom. The molecule has 0 saturated heterocycles. The summed E-state index contributed by atoms with van der Waals surface area (Å²) in [7, 11) is 0. The Morgan fingerprint density at radius 1 is 1.25 bits per heavy atom. The molecule has 0 aliphatic heterocycles. The highest BCUT2D eigenvalue weighted by molar-refractivity contribution is 5.45. The zero-order valence-corrected chi connectivity index (χ0v) is 9.23. The molecule has 2 rings (SSSR count). The van der Waals surface area contributed by atoms with E-state index in [2.05, 4.69) is 5.32 Å². The van der Waals surface area contributed by atoms with Crippen LogP contribution in [0.25, 0.3) is 0 Å². The predicted octanol–water partition coefficient (Wildman–Crippen LogP) is 2.69. The summed E-state index contributed by atoms with van der Waals surface area (Å²) in [5.41, 5.74) is 1.89. The third-order valence-electron chi connectivity index (χ3n) is 2.37. The van der Waals surface area contributed by atoms with Gasteiger partial charge in [-0.1, -0.05) is 12.1 Å². The molecule has 2 N–H and O–H groups in total. The molecule has 16 heavy (non-hydrogen) atoms. The quantitative estimate of drug-likeness (QED) is 0.827. The lowest BCUT2D eigenvalue weighted by Gasteiger charge is -2.05. The van der Waals surface area contributed by atoms with E-state index >= 15 is 0 Å². The molecule has 0 bridgehead atoms. The van der Waals surface area contributed by atoms with Gasteiger partial charge < -0.3 is 14.8 Å². The van der Waals surface area contributed by atoms with Gasteiger partial charge in [0.1, 0.15) is 11.5 Å². The summed E-state index contributed by atoms with van der Waals surface area (Å²) in [5.74, 6) is 1.83. The van der Waals surface area contributed by atoms with Crippen LogP contribution in [0.3, 0.4) is 0 Å². The van der Waals surface area contributed by atoms with Gasteiger partial charge in [0.15, 0.2) is 0 Å². The van der Waals surface area contributed by atoms with Gasteiger partial charge >= 0.3 is 0 Å². The highest BCUT2D eigenvalue weighted by atomic mass is 16.3. The molecule has 0 amide bonds.